The van der Waals surface area contributed by atoms with Crippen LogP contribution in [0.3, 0.4) is 0 Å². The summed E-state index contributed by atoms with van der Waals surface area (Å²) in [5.74, 6) is -0.540. The summed E-state index contributed by atoms with van der Waals surface area (Å²) in [5, 5.41) is 11.5. The van der Waals surface area contributed by atoms with Gasteiger partial charge in [0.15, 0.2) is 0 Å². The lowest BCUT2D eigenvalue weighted by molar-refractivity contribution is -0.135. The van der Waals surface area contributed by atoms with Gasteiger partial charge in [0.1, 0.15) is 34.4 Å². The van der Waals surface area contributed by atoms with E-state index in [0.29, 0.717) is 61.2 Å². The molecule has 2 aromatic carbocycles. The van der Waals surface area contributed by atoms with E-state index < -0.39 is 24.0 Å². The summed E-state index contributed by atoms with van der Waals surface area (Å²) < 4.78 is 17.3. The molecule has 2 atom stereocenters. The van der Waals surface area contributed by atoms with E-state index in [0.717, 1.165) is 5.56 Å². The quantitative estimate of drug-likeness (QED) is 0.304. The number of rotatable bonds is 2. The molecule has 0 unspecified atom stereocenters. The Balaban J connectivity index is 1.57. The fraction of sp³-hybridized carbons (Fsp3) is 0.323. The van der Waals surface area contributed by atoms with Crippen LogP contribution in [0.4, 0.5) is 0 Å². The highest BCUT2D eigenvalue weighted by Crippen LogP contribution is 2.47. The van der Waals surface area contributed by atoms with E-state index in [-0.39, 0.29) is 29.3 Å². The molecule has 0 amide bonds. The summed E-state index contributed by atoms with van der Waals surface area (Å²) >= 11 is 0. The van der Waals surface area contributed by atoms with Crippen LogP contribution in [-0.4, -0.2) is 28.9 Å². The van der Waals surface area contributed by atoms with Gasteiger partial charge in [-0.15, -0.1) is 0 Å². The lowest BCUT2D eigenvalue weighted by Gasteiger charge is -2.26. The highest BCUT2D eigenvalue weighted by Gasteiger charge is 2.37. The van der Waals surface area contributed by atoms with Crippen molar-refractivity contribution in [1.82, 2.24) is 0 Å². The zero-order valence-electron chi connectivity index (χ0n) is 21.3. The number of furan rings is 1. The average molecular weight is 515 g/mol. The third-order valence-electron chi connectivity index (χ3n) is 7.01. The van der Waals surface area contributed by atoms with Crippen LogP contribution in [0.1, 0.15) is 85.0 Å². The molecule has 7 nitrogen and oxygen atoms in total. The number of ether oxygens (including phenoxy) is 2. The molecule has 2 aliphatic rings. The van der Waals surface area contributed by atoms with Crippen LogP contribution in [0, 0.1) is 0 Å². The van der Waals surface area contributed by atoms with Crippen molar-refractivity contribution in [1.29, 1.82) is 0 Å². The third kappa shape index (κ3) is 5.42. The van der Waals surface area contributed by atoms with E-state index in [9.17, 15) is 19.5 Å². The van der Waals surface area contributed by atoms with Gasteiger partial charge in [-0.3, -0.25) is 9.59 Å². The molecular weight excluding hydrogens is 484 g/mol. The van der Waals surface area contributed by atoms with Gasteiger partial charge >= 0.3 is 11.9 Å². The fourth-order valence-corrected chi connectivity index (χ4v) is 5.06. The minimum absolute atomic E-state index is 0.0257. The molecule has 0 saturated heterocycles. The van der Waals surface area contributed by atoms with E-state index in [1.807, 2.05) is 42.5 Å². The number of fused-ring (bicyclic) bond motifs is 2. The van der Waals surface area contributed by atoms with E-state index in [1.54, 1.807) is 25.1 Å². The number of hydrogen-bond donors (Lipinski definition) is 1. The Kier molecular flexibility index (Phi) is 7.45. The van der Waals surface area contributed by atoms with Gasteiger partial charge in [0, 0.05) is 24.0 Å². The van der Waals surface area contributed by atoms with Gasteiger partial charge in [-0.2, -0.15) is 0 Å². The zero-order valence-corrected chi connectivity index (χ0v) is 21.3. The SMILES string of the molecule is C[C@@H]1CCCC(=O)CCCC=Cc2cc3c(c(O)c2C(=O)O1)[C@H](c1ccc(-c2ccccc2)o1)CC(=O)O3. The maximum atomic E-state index is 13.3. The summed E-state index contributed by atoms with van der Waals surface area (Å²) in [6.07, 6.45) is 6.53. The van der Waals surface area contributed by atoms with Crippen molar-refractivity contribution >= 4 is 23.8 Å². The Morgan fingerprint density at radius 1 is 0.974 bits per heavy atom. The summed E-state index contributed by atoms with van der Waals surface area (Å²) in [7, 11) is 0. The van der Waals surface area contributed by atoms with Crippen LogP contribution in [0.25, 0.3) is 17.4 Å². The predicted molar refractivity (Wildman–Crippen MR) is 141 cm³/mol. The molecule has 1 N–H and O–H groups in total. The molecule has 2 aliphatic heterocycles. The van der Waals surface area contributed by atoms with Gasteiger partial charge in [-0.05, 0) is 56.4 Å². The van der Waals surface area contributed by atoms with E-state index in [4.69, 9.17) is 13.9 Å². The first-order valence-electron chi connectivity index (χ1n) is 13.1. The normalized spacial score (nSPS) is 20.6. The zero-order chi connectivity index (χ0) is 26.6. The number of phenolic OH excluding ortho intramolecular Hbond substituents is 1. The number of esters is 2. The van der Waals surface area contributed by atoms with E-state index >= 15 is 0 Å². The first-order chi connectivity index (χ1) is 18.4. The Labute approximate surface area is 221 Å². The maximum absolute atomic E-state index is 13.3. The second kappa shape index (κ2) is 11.1. The van der Waals surface area contributed by atoms with Crippen molar-refractivity contribution < 1.29 is 33.4 Å². The number of carbonyl (C=O) groups excluding carboxylic acids is 3. The number of carbonyl (C=O) groups is 3. The molecule has 0 bridgehead atoms. The van der Waals surface area contributed by atoms with Gasteiger partial charge in [0.05, 0.1) is 18.4 Å². The summed E-state index contributed by atoms with van der Waals surface area (Å²) in [6.45, 7) is 1.78. The number of Topliss-reactive ketones (excluding diaryl/α,β-unsaturated/α-hetero) is 1. The lowest BCUT2D eigenvalue weighted by atomic mass is 9.86. The van der Waals surface area contributed by atoms with E-state index in [1.165, 1.54) is 0 Å². The van der Waals surface area contributed by atoms with Gasteiger partial charge in [0.25, 0.3) is 0 Å². The van der Waals surface area contributed by atoms with Crippen LogP contribution in [0.5, 0.6) is 11.5 Å². The average Bonchev–Trinajstić information content (AvgIpc) is 3.38. The highest BCUT2D eigenvalue weighted by atomic mass is 16.5. The Morgan fingerprint density at radius 2 is 1.76 bits per heavy atom. The molecule has 7 heteroatoms. The number of hydrogen-bond acceptors (Lipinski definition) is 7. The smallest absolute Gasteiger partial charge is 0.342 e. The molecule has 3 heterocycles. The number of cyclic esters (lactones) is 1. The summed E-state index contributed by atoms with van der Waals surface area (Å²) in [5.41, 5.74) is 1.62. The molecule has 1 aromatic heterocycles. The van der Waals surface area contributed by atoms with Crippen LogP contribution in [0.2, 0.25) is 0 Å². The number of aromatic hydroxyl groups is 1. The molecule has 196 valence electrons. The predicted octanol–water partition coefficient (Wildman–Crippen LogP) is 6.58. The van der Waals surface area contributed by atoms with Gasteiger partial charge in [0.2, 0.25) is 0 Å². The van der Waals surface area contributed by atoms with Gasteiger partial charge in [-0.25, -0.2) is 4.79 Å². The van der Waals surface area contributed by atoms with Crippen molar-refractivity contribution in [3.63, 3.8) is 0 Å². The second-order valence-electron chi connectivity index (χ2n) is 9.84. The summed E-state index contributed by atoms with van der Waals surface area (Å²) in [6, 6.07) is 14.8. The molecule has 0 aliphatic carbocycles. The maximum Gasteiger partial charge on any atom is 0.342 e. The highest BCUT2D eigenvalue weighted by molar-refractivity contribution is 5.98. The third-order valence-corrected chi connectivity index (χ3v) is 7.01. The van der Waals surface area contributed by atoms with Crippen molar-refractivity contribution in [2.45, 2.75) is 63.9 Å². The van der Waals surface area contributed by atoms with Crippen LogP contribution < -0.4 is 4.74 Å². The standard InChI is InChI=1S/C31H30O7/c1-19-9-8-14-22(32)13-7-3-6-12-21-17-26-29(30(34)28(21)31(35)36-19)23(18-27(33)38-26)25-16-15-24(37-25)20-10-4-2-5-11-20/h2,4-6,10-12,15-17,19,23,34H,3,7-9,13-14,18H2,1H3/t19-,23+/m1/s1. The Morgan fingerprint density at radius 3 is 2.58 bits per heavy atom. The Bertz CT molecular complexity index is 1380. The fourth-order valence-electron chi connectivity index (χ4n) is 5.06. The molecular formula is C31H30O7. The molecule has 0 fully saturated rings. The van der Waals surface area contributed by atoms with Gasteiger partial charge in [-0.1, -0.05) is 42.5 Å². The minimum atomic E-state index is -0.666. The van der Waals surface area contributed by atoms with Crippen molar-refractivity contribution in [3.8, 4) is 22.8 Å². The molecule has 0 radical (unpaired) electrons. The first kappa shape index (κ1) is 25.5. The van der Waals surface area contributed by atoms with Crippen LogP contribution in [0.15, 0.2) is 59.0 Å². The van der Waals surface area contributed by atoms with Crippen molar-refractivity contribution in [3.05, 3.63) is 77.1 Å². The molecule has 0 saturated carbocycles. The van der Waals surface area contributed by atoms with E-state index in [2.05, 4.69) is 0 Å². The second-order valence-corrected chi connectivity index (χ2v) is 9.84. The van der Waals surface area contributed by atoms with Crippen LogP contribution >= 0.6 is 0 Å². The number of phenols is 1. The first-order valence-corrected chi connectivity index (χ1v) is 13.1. The molecule has 3 aromatic rings. The Hall–Kier alpha value is -4.13. The van der Waals surface area contributed by atoms with Gasteiger partial charge < -0.3 is 19.0 Å². The van der Waals surface area contributed by atoms with Crippen LogP contribution in [-0.2, 0) is 14.3 Å². The number of ketones is 1. The minimum Gasteiger partial charge on any atom is -0.507 e. The molecule has 38 heavy (non-hydrogen) atoms. The lowest BCUT2D eigenvalue weighted by Crippen LogP contribution is -2.23. The molecule has 5 rings (SSSR count). The van der Waals surface area contributed by atoms with Crippen molar-refractivity contribution in [2.24, 2.45) is 0 Å². The van der Waals surface area contributed by atoms with Crippen molar-refractivity contribution in [2.75, 3.05) is 0 Å². The number of allylic oxidation sites excluding steroid dienone is 1. The topological polar surface area (TPSA) is 103 Å². The number of benzene rings is 2. The monoisotopic (exact) mass is 514 g/mol. The molecule has 0 spiro atoms. The largest absolute Gasteiger partial charge is 0.507 e. The summed E-state index contributed by atoms with van der Waals surface area (Å²) in [4.78, 5) is 38.0.